The summed E-state index contributed by atoms with van der Waals surface area (Å²) in [5.41, 5.74) is 5.87. The van der Waals surface area contributed by atoms with Crippen LogP contribution in [0.15, 0.2) is 12.7 Å². The first-order valence-electron chi connectivity index (χ1n) is 4.67. The minimum atomic E-state index is 0.426. The second-order valence-corrected chi connectivity index (χ2v) is 3.12. The average molecular weight is 155 g/mol. The largest absolute Gasteiger partial charge is 0.328 e. The van der Waals surface area contributed by atoms with E-state index >= 15 is 0 Å². The van der Waals surface area contributed by atoms with Gasteiger partial charge in [0.25, 0.3) is 0 Å². The zero-order valence-corrected chi connectivity index (χ0v) is 7.68. The Balaban J connectivity index is 3.08. The van der Waals surface area contributed by atoms with Crippen LogP contribution < -0.4 is 5.73 Å². The molecule has 0 amide bonds. The van der Waals surface area contributed by atoms with Crippen LogP contribution in [0.25, 0.3) is 0 Å². The molecule has 0 aromatic carbocycles. The summed E-state index contributed by atoms with van der Waals surface area (Å²) in [5.74, 6) is 0. The van der Waals surface area contributed by atoms with E-state index in [4.69, 9.17) is 5.73 Å². The van der Waals surface area contributed by atoms with Crippen LogP contribution in [0.1, 0.15) is 45.4 Å². The van der Waals surface area contributed by atoms with Crippen molar-refractivity contribution in [3.63, 3.8) is 0 Å². The molecule has 1 unspecified atom stereocenters. The van der Waals surface area contributed by atoms with Crippen LogP contribution in [0.2, 0.25) is 0 Å². The summed E-state index contributed by atoms with van der Waals surface area (Å²) in [4.78, 5) is 0. The summed E-state index contributed by atoms with van der Waals surface area (Å²) < 4.78 is 0. The van der Waals surface area contributed by atoms with Gasteiger partial charge in [-0.1, -0.05) is 25.8 Å². The summed E-state index contributed by atoms with van der Waals surface area (Å²) in [6.45, 7) is 5.88. The van der Waals surface area contributed by atoms with Crippen LogP contribution in [-0.4, -0.2) is 6.04 Å². The van der Waals surface area contributed by atoms with Gasteiger partial charge in [0.2, 0.25) is 0 Å². The minimum absolute atomic E-state index is 0.426. The zero-order chi connectivity index (χ0) is 8.53. The lowest BCUT2D eigenvalue weighted by Gasteiger charge is -2.08. The summed E-state index contributed by atoms with van der Waals surface area (Å²) in [7, 11) is 0. The van der Waals surface area contributed by atoms with Gasteiger partial charge < -0.3 is 5.73 Å². The molecule has 0 aliphatic rings. The predicted molar refractivity (Wildman–Crippen MR) is 51.5 cm³/mol. The fraction of sp³-hybridized carbons (Fsp3) is 0.800. The van der Waals surface area contributed by atoms with Gasteiger partial charge in [0.15, 0.2) is 0 Å². The van der Waals surface area contributed by atoms with Gasteiger partial charge in [0.05, 0.1) is 0 Å². The molecular formula is C10H21N. The van der Waals surface area contributed by atoms with Gasteiger partial charge in [-0.2, -0.15) is 0 Å². The van der Waals surface area contributed by atoms with E-state index in [1.54, 1.807) is 0 Å². The van der Waals surface area contributed by atoms with Crippen LogP contribution in [-0.2, 0) is 0 Å². The fourth-order valence-corrected chi connectivity index (χ4v) is 1.14. The van der Waals surface area contributed by atoms with Gasteiger partial charge in [-0.25, -0.2) is 0 Å². The van der Waals surface area contributed by atoms with Gasteiger partial charge in [-0.15, -0.1) is 6.58 Å². The van der Waals surface area contributed by atoms with Crippen molar-refractivity contribution in [1.29, 1.82) is 0 Å². The van der Waals surface area contributed by atoms with E-state index < -0.39 is 0 Å². The third-order valence-corrected chi connectivity index (χ3v) is 1.91. The highest BCUT2D eigenvalue weighted by Crippen LogP contribution is 2.05. The third kappa shape index (κ3) is 7.60. The maximum atomic E-state index is 5.87. The van der Waals surface area contributed by atoms with E-state index in [2.05, 4.69) is 13.5 Å². The van der Waals surface area contributed by atoms with E-state index in [0.29, 0.717) is 6.04 Å². The molecule has 0 bridgehead atoms. The van der Waals surface area contributed by atoms with Crippen molar-refractivity contribution in [2.45, 2.75) is 51.5 Å². The summed E-state index contributed by atoms with van der Waals surface area (Å²) >= 11 is 0. The van der Waals surface area contributed by atoms with Crippen molar-refractivity contribution in [2.75, 3.05) is 0 Å². The molecule has 0 aromatic heterocycles. The third-order valence-electron chi connectivity index (χ3n) is 1.91. The topological polar surface area (TPSA) is 26.0 Å². The predicted octanol–water partition coefficient (Wildman–Crippen LogP) is 2.86. The van der Waals surface area contributed by atoms with Gasteiger partial charge >= 0.3 is 0 Å². The highest BCUT2D eigenvalue weighted by molar-refractivity contribution is 4.68. The molecule has 0 radical (unpaired) electrons. The first-order valence-corrected chi connectivity index (χ1v) is 4.67. The van der Waals surface area contributed by atoms with Crippen molar-refractivity contribution < 1.29 is 0 Å². The Morgan fingerprint density at radius 1 is 1.36 bits per heavy atom. The van der Waals surface area contributed by atoms with E-state index in [1.165, 1.54) is 25.7 Å². The normalized spacial score (nSPS) is 12.9. The molecule has 0 saturated heterocycles. The maximum Gasteiger partial charge on any atom is 0.00389 e. The molecular weight excluding hydrogens is 134 g/mol. The number of hydrogen-bond acceptors (Lipinski definition) is 1. The van der Waals surface area contributed by atoms with E-state index in [-0.39, 0.29) is 0 Å². The van der Waals surface area contributed by atoms with E-state index in [1.807, 2.05) is 6.08 Å². The molecule has 0 aliphatic carbocycles. The molecule has 0 fully saturated rings. The monoisotopic (exact) mass is 155 g/mol. The average Bonchev–Trinajstić information content (AvgIpc) is 2.01. The van der Waals surface area contributed by atoms with Crippen LogP contribution >= 0.6 is 0 Å². The van der Waals surface area contributed by atoms with Crippen molar-refractivity contribution >= 4 is 0 Å². The molecule has 1 heteroatoms. The highest BCUT2D eigenvalue weighted by Gasteiger charge is 1.99. The van der Waals surface area contributed by atoms with Crippen LogP contribution in [0.4, 0.5) is 0 Å². The van der Waals surface area contributed by atoms with Crippen LogP contribution in [0, 0.1) is 0 Å². The Bertz CT molecular complexity index is 88.9. The van der Waals surface area contributed by atoms with Gasteiger partial charge in [-0.3, -0.25) is 0 Å². The second kappa shape index (κ2) is 7.80. The SMILES string of the molecule is C=CCCCC(N)CCCC. The summed E-state index contributed by atoms with van der Waals surface area (Å²) in [5, 5.41) is 0. The molecule has 1 atom stereocenters. The second-order valence-electron chi connectivity index (χ2n) is 3.12. The number of allylic oxidation sites excluding steroid dienone is 1. The standard InChI is InChI=1S/C10H21N/c1-3-5-7-9-10(11)8-6-4-2/h3,10H,1,4-9,11H2,2H3. The first-order chi connectivity index (χ1) is 5.31. The Morgan fingerprint density at radius 2 is 2.00 bits per heavy atom. The molecule has 0 saturated carbocycles. The number of rotatable bonds is 7. The lowest BCUT2D eigenvalue weighted by atomic mass is 10.0. The van der Waals surface area contributed by atoms with E-state index in [9.17, 15) is 0 Å². The molecule has 11 heavy (non-hydrogen) atoms. The smallest absolute Gasteiger partial charge is 0.00389 e. The van der Waals surface area contributed by atoms with Gasteiger partial charge in [0, 0.05) is 6.04 Å². The molecule has 0 aromatic rings. The summed E-state index contributed by atoms with van der Waals surface area (Å²) in [6, 6.07) is 0.426. The molecule has 2 N–H and O–H groups in total. The minimum Gasteiger partial charge on any atom is -0.328 e. The molecule has 1 nitrogen and oxygen atoms in total. The van der Waals surface area contributed by atoms with Gasteiger partial charge in [0.1, 0.15) is 0 Å². The molecule has 0 aliphatic heterocycles. The lowest BCUT2D eigenvalue weighted by Crippen LogP contribution is -2.19. The molecule has 0 spiro atoms. The number of hydrogen-bond donors (Lipinski definition) is 1. The molecule has 0 heterocycles. The van der Waals surface area contributed by atoms with Crippen LogP contribution in [0.3, 0.4) is 0 Å². The Labute approximate surface area is 70.7 Å². The fourth-order valence-electron chi connectivity index (χ4n) is 1.14. The lowest BCUT2D eigenvalue weighted by molar-refractivity contribution is 0.526. The zero-order valence-electron chi connectivity index (χ0n) is 7.68. The van der Waals surface area contributed by atoms with Crippen molar-refractivity contribution in [3.8, 4) is 0 Å². The quantitative estimate of drug-likeness (QED) is 0.444. The van der Waals surface area contributed by atoms with Crippen molar-refractivity contribution in [1.82, 2.24) is 0 Å². The van der Waals surface area contributed by atoms with Gasteiger partial charge in [-0.05, 0) is 25.7 Å². The molecule has 66 valence electrons. The van der Waals surface area contributed by atoms with Crippen molar-refractivity contribution in [2.24, 2.45) is 5.73 Å². The highest BCUT2D eigenvalue weighted by atomic mass is 14.6. The van der Waals surface area contributed by atoms with Crippen molar-refractivity contribution in [3.05, 3.63) is 12.7 Å². The number of unbranched alkanes of at least 4 members (excludes halogenated alkanes) is 2. The summed E-state index contributed by atoms with van der Waals surface area (Å²) in [6.07, 6.45) is 9.16. The Kier molecular flexibility index (Phi) is 7.59. The molecule has 0 rings (SSSR count). The first kappa shape index (κ1) is 10.7. The maximum absolute atomic E-state index is 5.87. The number of nitrogens with two attached hydrogens (primary N) is 1. The van der Waals surface area contributed by atoms with Crippen LogP contribution in [0.5, 0.6) is 0 Å². The van der Waals surface area contributed by atoms with E-state index in [0.717, 1.165) is 12.8 Å². The Morgan fingerprint density at radius 3 is 2.55 bits per heavy atom. The Hall–Kier alpha value is -0.300.